The van der Waals surface area contributed by atoms with Gasteiger partial charge >= 0.3 is 0 Å². The van der Waals surface area contributed by atoms with Crippen LogP contribution in [0.2, 0.25) is 0 Å². The SMILES string of the molecule is Oc1ccc(CC(O)c2cc(F)cc(Br)c2)cc1. The highest BCUT2D eigenvalue weighted by molar-refractivity contribution is 9.10. The Morgan fingerprint density at radius 2 is 1.78 bits per heavy atom. The lowest BCUT2D eigenvalue weighted by Gasteiger charge is -2.12. The van der Waals surface area contributed by atoms with Crippen molar-refractivity contribution >= 4 is 15.9 Å². The van der Waals surface area contributed by atoms with Gasteiger partial charge in [0.15, 0.2) is 0 Å². The van der Waals surface area contributed by atoms with Crippen LogP contribution in [0.25, 0.3) is 0 Å². The molecule has 2 aromatic carbocycles. The average Bonchev–Trinajstić information content (AvgIpc) is 2.31. The number of rotatable bonds is 3. The fourth-order valence-electron chi connectivity index (χ4n) is 1.74. The average molecular weight is 311 g/mol. The van der Waals surface area contributed by atoms with E-state index in [4.69, 9.17) is 5.11 Å². The number of halogens is 2. The van der Waals surface area contributed by atoms with Gasteiger partial charge in [0.05, 0.1) is 6.10 Å². The van der Waals surface area contributed by atoms with Crippen LogP contribution in [0, 0.1) is 5.82 Å². The Hall–Kier alpha value is -1.39. The minimum Gasteiger partial charge on any atom is -0.508 e. The molecule has 0 aliphatic heterocycles. The second kappa shape index (κ2) is 5.50. The monoisotopic (exact) mass is 310 g/mol. The number of aromatic hydroxyl groups is 1. The molecule has 0 aliphatic rings. The second-order valence-corrected chi connectivity index (χ2v) is 5.00. The van der Waals surface area contributed by atoms with Crippen molar-refractivity contribution in [2.45, 2.75) is 12.5 Å². The van der Waals surface area contributed by atoms with Crippen LogP contribution in [0.1, 0.15) is 17.2 Å². The molecule has 2 aromatic rings. The van der Waals surface area contributed by atoms with Gasteiger partial charge in [0, 0.05) is 10.9 Å². The summed E-state index contributed by atoms with van der Waals surface area (Å²) in [5.41, 5.74) is 1.40. The van der Waals surface area contributed by atoms with Gasteiger partial charge in [-0.1, -0.05) is 28.1 Å². The van der Waals surface area contributed by atoms with E-state index in [1.54, 1.807) is 30.3 Å². The molecule has 0 aliphatic carbocycles. The lowest BCUT2D eigenvalue weighted by atomic mass is 10.0. The van der Waals surface area contributed by atoms with E-state index in [-0.39, 0.29) is 11.6 Å². The molecule has 2 rings (SSSR count). The third-order valence-corrected chi connectivity index (χ3v) is 3.09. The summed E-state index contributed by atoms with van der Waals surface area (Å²) in [7, 11) is 0. The molecule has 0 fully saturated rings. The molecule has 0 radical (unpaired) electrons. The maximum Gasteiger partial charge on any atom is 0.124 e. The highest BCUT2D eigenvalue weighted by Crippen LogP contribution is 2.23. The van der Waals surface area contributed by atoms with Crippen molar-refractivity contribution in [1.82, 2.24) is 0 Å². The summed E-state index contributed by atoms with van der Waals surface area (Å²) in [6.45, 7) is 0. The van der Waals surface area contributed by atoms with Crippen molar-refractivity contribution in [2.75, 3.05) is 0 Å². The molecule has 0 saturated heterocycles. The van der Waals surface area contributed by atoms with Gasteiger partial charge in [-0.05, 0) is 41.5 Å². The summed E-state index contributed by atoms with van der Waals surface area (Å²) < 4.78 is 13.8. The number of benzene rings is 2. The van der Waals surface area contributed by atoms with Crippen molar-refractivity contribution in [2.24, 2.45) is 0 Å². The van der Waals surface area contributed by atoms with Crippen LogP contribution in [0.4, 0.5) is 4.39 Å². The zero-order valence-corrected chi connectivity index (χ0v) is 11.1. The number of aliphatic hydroxyl groups is 1. The first-order chi connectivity index (χ1) is 8.54. The zero-order valence-electron chi connectivity index (χ0n) is 9.48. The summed E-state index contributed by atoms with van der Waals surface area (Å²) in [6, 6.07) is 10.9. The Kier molecular flexibility index (Phi) is 3.99. The molecule has 0 amide bonds. The molecular weight excluding hydrogens is 299 g/mol. The van der Waals surface area contributed by atoms with Gasteiger partial charge in [-0.3, -0.25) is 0 Å². The van der Waals surface area contributed by atoms with Crippen molar-refractivity contribution in [1.29, 1.82) is 0 Å². The molecule has 1 atom stereocenters. The smallest absolute Gasteiger partial charge is 0.124 e. The molecule has 0 aromatic heterocycles. The largest absolute Gasteiger partial charge is 0.508 e. The predicted octanol–water partition coefficient (Wildman–Crippen LogP) is 3.57. The molecule has 94 valence electrons. The number of phenols is 1. The summed E-state index contributed by atoms with van der Waals surface area (Å²) in [5, 5.41) is 19.2. The quantitative estimate of drug-likeness (QED) is 0.910. The van der Waals surface area contributed by atoms with E-state index in [0.29, 0.717) is 16.5 Å². The van der Waals surface area contributed by atoms with Crippen LogP contribution < -0.4 is 0 Å². The Morgan fingerprint density at radius 1 is 1.11 bits per heavy atom. The van der Waals surface area contributed by atoms with Crippen LogP contribution in [-0.2, 0) is 6.42 Å². The molecule has 0 bridgehead atoms. The van der Waals surface area contributed by atoms with Gasteiger partial charge in [0.2, 0.25) is 0 Å². The third-order valence-electron chi connectivity index (χ3n) is 2.64. The van der Waals surface area contributed by atoms with Gasteiger partial charge in [0.25, 0.3) is 0 Å². The lowest BCUT2D eigenvalue weighted by molar-refractivity contribution is 0.178. The van der Waals surface area contributed by atoms with E-state index in [1.807, 2.05) is 0 Å². The first-order valence-electron chi connectivity index (χ1n) is 5.46. The fourth-order valence-corrected chi connectivity index (χ4v) is 2.22. The van der Waals surface area contributed by atoms with Crippen LogP contribution >= 0.6 is 15.9 Å². The summed E-state index contributed by atoms with van der Waals surface area (Å²) in [5.74, 6) is -0.203. The summed E-state index contributed by atoms with van der Waals surface area (Å²) in [4.78, 5) is 0. The van der Waals surface area contributed by atoms with Crippen molar-refractivity contribution in [3.63, 3.8) is 0 Å². The molecule has 0 saturated carbocycles. The van der Waals surface area contributed by atoms with Gasteiger partial charge in [-0.2, -0.15) is 0 Å². The van der Waals surface area contributed by atoms with Gasteiger partial charge in [-0.25, -0.2) is 4.39 Å². The fraction of sp³-hybridized carbons (Fsp3) is 0.143. The van der Waals surface area contributed by atoms with E-state index in [0.717, 1.165) is 5.56 Å². The first-order valence-corrected chi connectivity index (χ1v) is 6.26. The molecule has 0 spiro atoms. The molecule has 2 N–H and O–H groups in total. The van der Waals surface area contributed by atoms with Crippen molar-refractivity contribution in [3.05, 3.63) is 63.9 Å². The normalized spacial score (nSPS) is 12.4. The highest BCUT2D eigenvalue weighted by atomic mass is 79.9. The maximum atomic E-state index is 13.2. The number of hydrogen-bond acceptors (Lipinski definition) is 2. The van der Waals surface area contributed by atoms with Crippen LogP contribution in [0.5, 0.6) is 5.75 Å². The Bertz CT molecular complexity index is 520. The van der Waals surface area contributed by atoms with Crippen LogP contribution in [0.15, 0.2) is 46.9 Å². The number of phenolic OH excluding ortho intramolecular Hbond substituents is 1. The molecule has 2 nitrogen and oxygen atoms in total. The Labute approximate surface area is 113 Å². The van der Waals surface area contributed by atoms with E-state index in [2.05, 4.69) is 15.9 Å². The Morgan fingerprint density at radius 3 is 2.39 bits per heavy atom. The Balaban J connectivity index is 2.16. The molecule has 18 heavy (non-hydrogen) atoms. The molecule has 0 heterocycles. The molecular formula is C14H12BrFO2. The topological polar surface area (TPSA) is 40.5 Å². The van der Waals surface area contributed by atoms with Gasteiger partial charge in [0.1, 0.15) is 11.6 Å². The molecule has 1 unspecified atom stereocenters. The van der Waals surface area contributed by atoms with Crippen molar-refractivity contribution < 1.29 is 14.6 Å². The third kappa shape index (κ3) is 3.31. The van der Waals surface area contributed by atoms with Crippen LogP contribution in [0.3, 0.4) is 0 Å². The minimum atomic E-state index is -0.776. The van der Waals surface area contributed by atoms with Crippen molar-refractivity contribution in [3.8, 4) is 5.75 Å². The molecule has 4 heteroatoms. The minimum absolute atomic E-state index is 0.182. The predicted molar refractivity (Wildman–Crippen MR) is 70.9 cm³/mol. The number of aliphatic hydroxyl groups excluding tert-OH is 1. The van der Waals surface area contributed by atoms with Crippen LogP contribution in [-0.4, -0.2) is 10.2 Å². The van der Waals surface area contributed by atoms with E-state index in [9.17, 15) is 9.50 Å². The van der Waals surface area contributed by atoms with E-state index >= 15 is 0 Å². The summed E-state index contributed by atoms with van der Waals surface area (Å²) in [6.07, 6.45) is -0.405. The van der Waals surface area contributed by atoms with E-state index in [1.165, 1.54) is 12.1 Å². The summed E-state index contributed by atoms with van der Waals surface area (Å²) >= 11 is 3.19. The zero-order chi connectivity index (χ0) is 13.1. The van der Waals surface area contributed by atoms with Gasteiger partial charge < -0.3 is 10.2 Å². The standard InChI is InChI=1S/C14H12BrFO2/c15-11-6-10(7-12(16)8-11)14(18)5-9-1-3-13(17)4-2-9/h1-4,6-8,14,17-18H,5H2. The maximum absolute atomic E-state index is 13.2. The first kappa shape index (κ1) is 13.1. The number of hydrogen-bond donors (Lipinski definition) is 2. The van der Waals surface area contributed by atoms with Gasteiger partial charge in [-0.15, -0.1) is 0 Å². The van der Waals surface area contributed by atoms with E-state index < -0.39 is 6.10 Å². The highest BCUT2D eigenvalue weighted by Gasteiger charge is 2.10. The lowest BCUT2D eigenvalue weighted by Crippen LogP contribution is -2.02. The second-order valence-electron chi connectivity index (χ2n) is 4.09.